The number of carbonyl (C=O) groups is 1. The van der Waals surface area contributed by atoms with E-state index >= 15 is 0 Å². The molecule has 0 radical (unpaired) electrons. The fourth-order valence-electron chi connectivity index (χ4n) is 2.82. The summed E-state index contributed by atoms with van der Waals surface area (Å²) in [5, 5.41) is 13.3. The maximum Gasteiger partial charge on any atom is 0.225 e. The fraction of sp³-hybridized carbons (Fsp3) is 0.364. The van der Waals surface area contributed by atoms with Crippen molar-refractivity contribution in [1.82, 2.24) is 20.4 Å². The highest BCUT2D eigenvalue weighted by Crippen LogP contribution is 2.27. The third-order valence-electron chi connectivity index (χ3n) is 4.36. The van der Waals surface area contributed by atoms with E-state index in [1.54, 1.807) is 11.3 Å². The predicted molar refractivity (Wildman–Crippen MR) is 115 cm³/mol. The average Bonchev–Trinajstić information content (AvgIpc) is 3.31. The Hall–Kier alpha value is -2.44. The molecule has 1 aromatic carbocycles. The van der Waals surface area contributed by atoms with E-state index in [0.29, 0.717) is 13.1 Å². The van der Waals surface area contributed by atoms with Gasteiger partial charge in [0.25, 0.3) is 0 Å². The lowest BCUT2D eigenvalue weighted by Crippen LogP contribution is -2.38. The van der Waals surface area contributed by atoms with E-state index in [1.807, 2.05) is 43.7 Å². The van der Waals surface area contributed by atoms with E-state index in [2.05, 4.69) is 46.5 Å². The molecule has 3 rings (SSSR count). The van der Waals surface area contributed by atoms with Crippen molar-refractivity contribution in [3.63, 3.8) is 0 Å². The Bertz CT molecular complexity index is 879. The lowest BCUT2D eigenvalue weighted by molar-refractivity contribution is -0.128. The van der Waals surface area contributed by atoms with Crippen LogP contribution in [-0.4, -0.2) is 28.8 Å². The average molecular weight is 397 g/mol. The predicted octanol–water partition coefficient (Wildman–Crippen LogP) is 3.91. The summed E-state index contributed by atoms with van der Waals surface area (Å²) in [6.45, 7) is 8.56. The van der Waals surface area contributed by atoms with Crippen LogP contribution in [-0.2, 0) is 17.9 Å². The summed E-state index contributed by atoms with van der Waals surface area (Å²) in [5.41, 5.74) is 3.06. The number of hydrogen-bond donors (Lipinski definition) is 2. The summed E-state index contributed by atoms with van der Waals surface area (Å²) >= 11 is 1.70. The highest BCUT2D eigenvalue weighted by molar-refractivity contribution is 7.13. The minimum absolute atomic E-state index is 0.0734. The Labute approximate surface area is 170 Å². The molecular formula is C22H28N4OS. The zero-order chi connectivity index (χ0) is 20.0. The maximum absolute atomic E-state index is 11.9. The Morgan fingerprint density at radius 2 is 1.89 bits per heavy atom. The van der Waals surface area contributed by atoms with Gasteiger partial charge in [0.15, 0.2) is 0 Å². The molecule has 0 unspecified atom stereocenters. The van der Waals surface area contributed by atoms with Crippen molar-refractivity contribution in [2.75, 3.05) is 13.1 Å². The summed E-state index contributed by atoms with van der Waals surface area (Å²) in [5.74, 6) is 0.0734. The van der Waals surface area contributed by atoms with Crippen LogP contribution in [0.3, 0.4) is 0 Å². The van der Waals surface area contributed by atoms with Crippen LogP contribution in [0.5, 0.6) is 0 Å². The summed E-state index contributed by atoms with van der Waals surface area (Å²) in [4.78, 5) is 13.1. The van der Waals surface area contributed by atoms with E-state index < -0.39 is 0 Å². The zero-order valence-electron chi connectivity index (χ0n) is 16.7. The van der Waals surface area contributed by atoms with Crippen molar-refractivity contribution < 1.29 is 4.79 Å². The van der Waals surface area contributed by atoms with E-state index in [0.717, 1.165) is 18.8 Å². The number of hydrogen-bond acceptors (Lipinski definition) is 4. The second-order valence-corrected chi connectivity index (χ2v) is 8.79. The lowest BCUT2D eigenvalue weighted by Gasteiger charge is -2.17. The first kappa shape index (κ1) is 20.3. The normalized spacial score (nSPS) is 11.5. The molecule has 0 saturated carbocycles. The van der Waals surface area contributed by atoms with Crippen LogP contribution in [0, 0.1) is 5.41 Å². The van der Waals surface area contributed by atoms with E-state index in [1.165, 1.54) is 16.0 Å². The number of nitrogens with one attached hydrogen (secondary N) is 2. The molecule has 2 heterocycles. The van der Waals surface area contributed by atoms with Gasteiger partial charge in [-0.1, -0.05) is 57.2 Å². The first-order valence-electron chi connectivity index (χ1n) is 9.56. The molecule has 3 aromatic rings. The van der Waals surface area contributed by atoms with Crippen LogP contribution in [0.4, 0.5) is 0 Å². The first-order chi connectivity index (χ1) is 13.4. The number of amides is 1. The van der Waals surface area contributed by atoms with Gasteiger partial charge in [0.05, 0.1) is 11.4 Å². The van der Waals surface area contributed by atoms with Gasteiger partial charge in [0, 0.05) is 36.8 Å². The molecule has 6 heteroatoms. The minimum Gasteiger partial charge on any atom is -0.354 e. The summed E-state index contributed by atoms with van der Waals surface area (Å²) in [6, 6.07) is 14.5. The Kier molecular flexibility index (Phi) is 6.65. The second kappa shape index (κ2) is 9.17. The van der Waals surface area contributed by atoms with Gasteiger partial charge >= 0.3 is 0 Å². The Morgan fingerprint density at radius 3 is 2.57 bits per heavy atom. The monoisotopic (exact) mass is 396 g/mol. The number of carbonyl (C=O) groups excluding carboxylic acids is 1. The van der Waals surface area contributed by atoms with Crippen LogP contribution >= 0.6 is 11.3 Å². The van der Waals surface area contributed by atoms with Gasteiger partial charge in [-0.05, 0) is 17.0 Å². The second-order valence-electron chi connectivity index (χ2n) is 7.85. The topological polar surface area (TPSA) is 59.0 Å². The summed E-state index contributed by atoms with van der Waals surface area (Å²) in [7, 11) is 0. The molecule has 0 bridgehead atoms. The number of rotatable bonds is 8. The molecule has 148 valence electrons. The zero-order valence-corrected chi connectivity index (χ0v) is 17.6. The molecule has 0 aliphatic rings. The maximum atomic E-state index is 11.9. The van der Waals surface area contributed by atoms with Gasteiger partial charge in [0.1, 0.15) is 5.69 Å². The number of thiophene rings is 1. The SMILES string of the molecule is CC(C)(C)C(=O)NCCNCc1cn(Cc2ccccc2)nc1-c1cccs1. The quantitative estimate of drug-likeness (QED) is 0.568. The third kappa shape index (κ3) is 5.53. The van der Waals surface area contributed by atoms with Gasteiger partial charge < -0.3 is 10.6 Å². The molecule has 0 saturated heterocycles. The van der Waals surface area contributed by atoms with Gasteiger partial charge in [0.2, 0.25) is 5.91 Å². The molecule has 0 aliphatic heterocycles. The molecule has 2 aromatic heterocycles. The molecule has 0 spiro atoms. The molecule has 1 amide bonds. The third-order valence-corrected chi connectivity index (χ3v) is 5.24. The van der Waals surface area contributed by atoms with Crippen molar-refractivity contribution in [2.45, 2.75) is 33.9 Å². The molecule has 2 N–H and O–H groups in total. The van der Waals surface area contributed by atoms with E-state index in [-0.39, 0.29) is 11.3 Å². The van der Waals surface area contributed by atoms with Crippen molar-refractivity contribution >= 4 is 17.2 Å². The smallest absolute Gasteiger partial charge is 0.225 e. The van der Waals surface area contributed by atoms with Crippen LogP contribution in [0.1, 0.15) is 31.9 Å². The van der Waals surface area contributed by atoms with Crippen molar-refractivity contribution in [3.05, 3.63) is 65.2 Å². The molecule has 0 aliphatic carbocycles. The fourth-order valence-corrected chi connectivity index (χ4v) is 3.56. The van der Waals surface area contributed by atoms with Crippen molar-refractivity contribution in [2.24, 2.45) is 5.41 Å². The van der Waals surface area contributed by atoms with Crippen molar-refractivity contribution in [3.8, 4) is 10.6 Å². The molecule has 0 atom stereocenters. The lowest BCUT2D eigenvalue weighted by atomic mass is 9.96. The largest absolute Gasteiger partial charge is 0.354 e. The number of aromatic nitrogens is 2. The van der Waals surface area contributed by atoms with Gasteiger partial charge in [-0.2, -0.15) is 5.10 Å². The number of nitrogens with zero attached hydrogens (tertiary/aromatic N) is 2. The standard InChI is InChI=1S/C22H28N4OS/c1-22(2,3)21(27)24-12-11-23-14-18-16-26(15-17-8-5-4-6-9-17)25-20(18)19-10-7-13-28-19/h4-10,13,16,23H,11-12,14-15H2,1-3H3,(H,24,27). The number of benzene rings is 1. The highest BCUT2D eigenvalue weighted by Gasteiger charge is 2.20. The highest BCUT2D eigenvalue weighted by atomic mass is 32.1. The van der Waals surface area contributed by atoms with Gasteiger partial charge in [-0.25, -0.2) is 0 Å². The molecule has 0 fully saturated rings. The minimum atomic E-state index is -0.356. The van der Waals surface area contributed by atoms with Crippen LogP contribution in [0.15, 0.2) is 54.0 Å². The van der Waals surface area contributed by atoms with E-state index in [4.69, 9.17) is 5.10 Å². The van der Waals surface area contributed by atoms with Crippen LogP contribution < -0.4 is 10.6 Å². The first-order valence-corrected chi connectivity index (χ1v) is 10.4. The molecule has 5 nitrogen and oxygen atoms in total. The molecule has 28 heavy (non-hydrogen) atoms. The van der Waals surface area contributed by atoms with Crippen LogP contribution in [0.25, 0.3) is 10.6 Å². The van der Waals surface area contributed by atoms with Gasteiger partial charge in [-0.3, -0.25) is 9.48 Å². The molecular weight excluding hydrogens is 368 g/mol. The Morgan fingerprint density at radius 1 is 1.11 bits per heavy atom. The summed E-state index contributed by atoms with van der Waals surface area (Å²) < 4.78 is 2.00. The summed E-state index contributed by atoms with van der Waals surface area (Å²) in [6.07, 6.45) is 2.11. The van der Waals surface area contributed by atoms with Crippen molar-refractivity contribution in [1.29, 1.82) is 0 Å². The Balaban J connectivity index is 1.62. The van der Waals surface area contributed by atoms with E-state index in [9.17, 15) is 4.79 Å². The van der Waals surface area contributed by atoms with Gasteiger partial charge in [-0.15, -0.1) is 11.3 Å². The van der Waals surface area contributed by atoms with Crippen LogP contribution in [0.2, 0.25) is 0 Å².